The molecule has 1 aliphatic heterocycles. The Morgan fingerprint density at radius 3 is 2.44 bits per heavy atom. The minimum absolute atomic E-state index is 0.259. The zero-order valence-electron chi connectivity index (χ0n) is 18.1. The lowest BCUT2D eigenvalue weighted by Gasteiger charge is -2.32. The lowest BCUT2D eigenvalue weighted by molar-refractivity contribution is -0.125. The third-order valence-corrected chi connectivity index (χ3v) is 7.00. The lowest BCUT2D eigenvalue weighted by atomic mass is 10.0. The Morgan fingerprint density at radius 2 is 1.75 bits per heavy atom. The number of aromatic nitrogens is 2. The van der Waals surface area contributed by atoms with Crippen LogP contribution in [0.4, 0.5) is 0 Å². The van der Waals surface area contributed by atoms with Gasteiger partial charge in [0.15, 0.2) is 0 Å². The number of rotatable bonds is 7. The van der Waals surface area contributed by atoms with E-state index in [-0.39, 0.29) is 12.5 Å². The summed E-state index contributed by atoms with van der Waals surface area (Å²) < 4.78 is 27.4. The molecule has 0 radical (unpaired) electrons. The molecule has 0 aliphatic carbocycles. The van der Waals surface area contributed by atoms with Crippen molar-refractivity contribution in [1.82, 2.24) is 19.4 Å². The van der Waals surface area contributed by atoms with Crippen molar-refractivity contribution < 1.29 is 13.2 Å². The number of piperidine rings is 1. The Hall–Kier alpha value is -2.97. The first-order valence-electron chi connectivity index (χ1n) is 10.8. The number of carbonyl (C=O) groups excluding carboxylic acids is 1. The molecule has 0 unspecified atom stereocenters. The molecule has 168 valence electrons. The van der Waals surface area contributed by atoms with Crippen LogP contribution in [-0.2, 0) is 27.9 Å². The van der Waals surface area contributed by atoms with E-state index in [9.17, 15) is 13.2 Å². The van der Waals surface area contributed by atoms with Gasteiger partial charge in [0, 0.05) is 30.4 Å². The van der Waals surface area contributed by atoms with E-state index < -0.39 is 16.1 Å². The monoisotopic (exact) mass is 452 g/mol. The van der Waals surface area contributed by atoms with Gasteiger partial charge in [-0.15, -0.1) is 0 Å². The predicted molar refractivity (Wildman–Crippen MR) is 124 cm³/mol. The molecule has 1 aliphatic rings. The molecule has 3 aromatic rings. The highest BCUT2D eigenvalue weighted by atomic mass is 32.2. The van der Waals surface area contributed by atoms with Crippen LogP contribution in [0.25, 0.3) is 11.3 Å². The molecule has 1 fully saturated rings. The molecule has 2 heterocycles. The molecule has 1 saturated heterocycles. The summed E-state index contributed by atoms with van der Waals surface area (Å²) in [6, 6.07) is 19.3. The highest BCUT2D eigenvalue weighted by Gasteiger charge is 2.34. The maximum Gasteiger partial charge on any atom is 0.238 e. The number of nitrogens with zero attached hydrogens (tertiary/aromatic N) is 3. The number of benzene rings is 2. The van der Waals surface area contributed by atoms with Crippen LogP contribution < -0.4 is 5.32 Å². The SMILES string of the molecule is CS(=O)(=O)N1CCCC[C@H]1C(=O)NCc1cn(Cc2ccccc2)nc1-c1ccccc1. The van der Waals surface area contributed by atoms with Crippen LogP contribution in [-0.4, -0.2) is 47.3 Å². The van der Waals surface area contributed by atoms with Crippen molar-refractivity contribution in [2.45, 2.75) is 38.4 Å². The van der Waals surface area contributed by atoms with Crippen LogP contribution in [0.3, 0.4) is 0 Å². The lowest BCUT2D eigenvalue weighted by Crippen LogP contribution is -2.51. The smallest absolute Gasteiger partial charge is 0.238 e. The van der Waals surface area contributed by atoms with Gasteiger partial charge in [-0.1, -0.05) is 67.1 Å². The maximum atomic E-state index is 12.9. The van der Waals surface area contributed by atoms with Gasteiger partial charge in [0.1, 0.15) is 6.04 Å². The number of hydrogen-bond acceptors (Lipinski definition) is 4. The van der Waals surface area contributed by atoms with Crippen molar-refractivity contribution in [1.29, 1.82) is 0 Å². The topological polar surface area (TPSA) is 84.3 Å². The summed E-state index contributed by atoms with van der Waals surface area (Å²) in [5, 5.41) is 7.74. The fourth-order valence-corrected chi connectivity index (χ4v) is 5.27. The number of amides is 1. The molecule has 0 saturated carbocycles. The van der Waals surface area contributed by atoms with Gasteiger partial charge < -0.3 is 5.32 Å². The number of carbonyl (C=O) groups is 1. The van der Waals surface area contributed by atoms with Crippen molar-refractivity contribution in [3.05, 3.63) is 78.0 Å². The average molecular weight is 453 g/mol. The van der Waals surface area contributed by atoms with Crippen LogP contribution in [0.5, 0.6) is 0 Å². The molecule has 32 heavy (non-hydrogen) atoms. The van der Waals surface area contributed by atoms with Crippen molar-refractivity contribution >= 4 is 15.9 Å². The first-order chi connectivity index (χ1) is 15.4. The van der Waals surface area contributed by atoms with Gasteiger partial charge in [-0.25, -0.2) is 8.42 Å². The second-order valence-corrected chi connectivity index (χ2v) is 10.1. The quantitative estimate of drug-likeness (QED) is 0.597. The third kappa shape index (κ3) is 5.26. The van der Waals surface area contributed by atoms with Crippen LogP contribution in [0.1, 0.15) is 30.4 Å². The van der Waals surface area contributed by atoms with E-state index in [1.165, 1.54) is 10.6 Å². The summed E-state index contributed by atoms with van der Waals surface area (Å²) in [5.74, 6) is -0.259. The molecule has 1 atom stereocenters. The normalized spacial score (nSPS) is 17.2. The second kappa shape index (κ2) is 9.67. The molecular weight excluding hydrogens is 424 g/mol. The fourth-order valence-electron chi connectivity index (χ4n) is 4.15. The second-order valence-electron chi connectivity index (χ2n) is 8.16. The Bertz CT molecular complexity index is 1160. The summed E-state index contributed by atoms with van der Waals surface area (Å²) in [4.78, 5) is 12.9. The average Bonchev–Trinajstić information content (AvgIpc) is 3.20. The van der Waals surface area contributed by atoms with E-state index in [4.69, 9.17) is 5.10 Å². The van der Waals surface area contributed by atoms with Crippen molar-refractivity contribution in [2.75, 3.05) is 12.8 Å². The number of sulfonamides is 1. The van der Waals surface area contributed by atoms with E-state index in [1.54, 1.807) is 0 Å². The molecule has 1 N–H and O–H groups in total. The minimum Gasteiger partial charge on any atom is -0.350 e. The van der Waals surface area contributed by atoms with Gasteiger partial charge in [0.05, 0.1) is 18.5 Å². The highest BCUT2D eigenvalue weighted by molar-refractivity contribution is 7.88. The molecule has 4 rings (SSSR count). The molecule has 0 bridgehead atoms. The summed E-state index contributed by atoms with van der Waals surface area (Å²) in [7, 11) is -3.43. The molecule has 2 aromatic carbocycles. The van der Waals surface area contributed by atoms with E-state index in [1.807, 2.05) is 71.5 Å². The summed E-state index contributed by atoms with van der Waals surface area (Å²) >= 11 is 0. The third-order valence-electron chi connectivity index (χ3n) is 5.71. The van der Waals surface area contributed by atoms with Crippen molar-refractivity contribution in [3.8, 4) is 11.3 Å². The molecule has 7 nitrogen and oxygen atoms in total. The highest BCUT2D eigenvalue weighted by Crippen LogP contribution is 2.24. The van der Waals surface area contributed by atoms with E-state index >= 15 is 0 Å². The maximum absolute atomic E-state index is 12.9. The van der Waals surface area contributed by atoms with Crippen molar-refractivity contribution in [2.24, 2.45) is 0 Å². The van der Waals surface area contributed by atoms with Gasteiger partial charge in [-0.05, 0) is 18.4 Å². The van der Waals surface area contributed by atoms with Crippen LogP contribution in [0.15, 0.2) is 66.9 Å². The van der Waals surface area contributed by atoms with Gasteiger partial charge in [-0.2, -0.15) is 9.40 Å². The first kappa shape index (κ1) is 22.2. The van der Waals surface area contributed by atoms with Gasteiger partial charge in [0.2, 0.25) is 15.9 Å². The molecule has 1 amide bonds. The van der Waals surface area contributed by atoms with Crippen LogP contribution in [0.2, 0.25) is 0 Å². The van der Waals surface area contributed by atoms with E-state index in [0.29, 0.717) is 19.5 Å². The van der Waals surface area contributed by atoms with Gasteiger partial charge >= 0.3 is 0 Å². The van der Waals surface area contributed by atoms with E-state index in [2.05, 4.69) is 5.32 Å². The summed E-state index contributed by atoms with van der Waals surface area (Å²) in [6.07, 6.45) is 5.28. The van der Waals surface area contributed by atoms with E-state index in [0.717, 1.165) is 35.2 Å². The van der Waals surface area contributed by atoms with Crippen molar-refractivity contribution in [3.63, 3.8) is 0 Å². The van der Waals surface area contributed by atoms with Crippen LogP contribution in [0, 0.1) is 0 Å². The van der Waals surface area contributed by atoms with Gasteiger partial charge in [0.25, 0.3) is 0 Å². The molecule has 0 spiro atoms. The standard InChI is InChI=1S/C24H28N4O3S/c1-32(30,31)28-15-9-8-14-22(28)24(29)25-16-21-18-27(17-19-10-4-2-5-11-19)26-23(21)20-12-6-3-7-13-20/h2-7,10-13,18,22H,8-9,14-17H2,1H3,(H,25,29)/t22-/m0/s1. The summed E-state index contributed by atoms with van der Waals surface area (Å²) in [6.45, 7) is 1.30. The van der Waals surface area contributed by atoms with Gasteiger partial charge in [-0.3, -0.25) is 9.48 Å². The Kier molecular flexibility index (Phi) is 6.72. The Balaban J connectivity index is 1.55. The Morgan fingerprint density at radius 1 is 1.06 bits per heavy atom. The summed E-state index contributed by atoms with van der Waals surface area (Å²) in [5.41, 5.74) is 3.81. The molecule has 1 aromatic heterocycles. The largest absolute Gasteiger partial charge is 0.350 e. The molecular formula is C24H28N4O3S. The van der Waals surface area contributed by atoms with Crippen LogP contribution >= 0.6 is 0 Å². The number of nitrogens with one attached hydrogen (secondary N) is 1. The first-order valence-corrected chi connectivity index (χ1v) is 12.7. The predicted octanol–water partition coefficient (Wildman–Crippen LogP) is 3.03. The Labute approximate surface area is 189 Å². The molecule has 8 heteroatoms. The number of hydrogen-bond donors (Lipinski definition) is 1. The zero-order valence-corrected chi connectivity index (χ0v) is 19.0. The zero-order chi connectivity index (χ0) is 22.6. The minimum atomic E-state index is -3.43. The fraction of sp³-hybridized carbons (Fsp3) is 0.333.